The Morgan fingerprint density at radius 3 is 2.89 bits per heavy atom. The van der Waals surface area contributed by atoms with E-state index in [1.807, 2.05) is 4.90 Å². The molecule has 1 aliphatic rings. The second-order valence-electron chi connectivity index (χ2n) is 4.87. The Bertz CT molecular complexity index is 430. The Hall–Kier alpha value is -1.85. The molecule has 0 bridgehead atoms. The molecule has 1 aliphatic heterocycles. The zero-order chi connectivity index (χ0) is 13.7. The molecular weight excluding hydrogens is 246 g/mol. The average Bonchev–Trinajstić information content (AvgIpc) is 2.89. The minimum Gasteiger partial charge on any atom is -0.481 e. The monoisotopic (exact) mass is 265 g/mol. The van der Waals surface area contributed by atoms with Crippen molar-refractivity contribution in [1.29, 1.82) is 0 Å². The van der Waals surface area contributed by atoms with E-state index in [4.69, 9.17) is 5.11 Å². The van der Waals surface area contributed by atoms with Gasteiger partial charge >= 0.3 is 5.97 Å². The Kier molecular flexibility index (Phi) is 4.54. The molecule has 104 valence electrons. The van der Waals surface area contributed by atoms with Crippen LogP contribution < -0.4 is 0 Å². The number of carboxylic acid groups (broad SMARTS) is 1. The third-order valence-corrected chi connectivity index (χ3v) is 3.50. The zero-order valence-electron chi connectivity index (χ0n) is 10.9. The highest BCUT2D eigenvalue weighted by Crippen LogP contribution is 2.21. The predicted molar refractivity (Wildman–Crippen MR) is 68.4 cm³/mol. The van der Waals surface area contributed by atoms with E-state index in [9.17, 15) is 9.59 Å². The molecule has 0 spiro atoms. The fraction of sp³-hybridized carbons (Fsp3) is 0.615. The lowest BCUT2D eigenvalue weighted by Gasteiger charge is -2.35. The molecule has 1 aromatic heterocycles. The third-order valence-electron chi connectivity index (χ3n) is 3.50. The highest BCUT2D eigenvalue weighted by Gasteiger charge is 2.26. The molecule has 2 heterocycles. The first kappa shape index (κ1) is 13.6. The quantitative estimate of drug-likeness (QED) is 0.866. The van der Waals surface area contributed by atoms with Gasteiger partial charge in [-0.1, -0.05) is 0 Å². The van der Waals surface area contributed by atoms with Gasteiger partial charge in [0.25, 0.3) is 0 Å². The molecule has 0 saturated carbocycles. The van der Waals surface area contributed by atoms with Crippen LogP contribution in [-0.2, 0) is 16.1 Å². The number of amides is 1. The fourth-order valence-electron chi connectivity index (χ4n) is 2.54. The number of hydrogen-bond donors (Lipinski definition) is 1. The molecule has 19 heavy (non-hydrogen) atoms. The molecule has 1 N–H and O–H groups in total. The van der Waals surface area contributed by atoms with Crippen molar-refractivity contribution < 1.29 is 14.7 Å². The Morgan fingerprint density at radius 2 is 2.21 bits per heavy atom. The summed E-state index contributed by atoms with van der Waals surface area (Å²) in [6.45, 7) is 0.959. The Balaban J connectivity index is 1.94. The number of hydrogen-bond acceptors (Lipinski definition) is 3. The van der Waals surface area contributed by atoms with Gasteiger partial charge in [-0.05, 0) is 31.7 Å². The first-order valence-electron chi connectivity index (χ1n) is 6.65. The molecule has 0 unspecified atom stereocenters. The van der Waals surface area contributed by atoms with Crippen LogP contribution in [0.2, 0.25) is 0 Å². The van der Waals surface area contributed by atoms with Crippen LogP contribution in [0, 0.1) is 0 Å². The molecule has 1 atom stereocenters. The number of piperidine rings is 1. The molecule has 0 radical (unpaired) electrons. The Labute approximate surface area is 112 Å². The van der Waals surface area contributed by atoms with E-state index < -0.39 is 5.97 Å². The van der Waals surface area contributed by atoms with E-state index in [0.29, 0.717) is 6.42 Å². The van der Waals surface area contributed by atoms with E-state index in [2.05, 4.69) is 5.10 Å². The number of carboxylic acids is 1. The van der Waals surface area contributed by atoms with Crippen molar-refractivity contribution in [1.82, 2.24) is 14.7 Å². The lowest BCUT2D eigenvalue weighted by Crippen LogP contribution is -2.45. The van der Waals surface area contributed by atoms with Crippen molar-refractivity contribution >= 4 is 11.9 Å². The summed E-state index contributed by atoms with van der Waals surface area (Å²) in [4.78, 5) is 24.7. The van der Waals surface area contributed by atoms with Gasteiger partial charge < -0.3 is 10.0 Å². The van der Waals surface area contributed by atoms with Gasteiger partial charge in [-0.2, -0.15) is 5.10 Å². The lowest BCUT2D eigenvalue weighted by atomic mass is 9.98. The summed E-state index contributed by atoms with van der Waals surface area (Å²) >= 11 is 0. The van der Waals surface area contributed by atoms with Crippen LogP contribution in [0.15, 0.2) is 18.5 Å². The van der Waals surface area contributed by atoms with Crippen LogP contribution in [0.5, 0.6) is 0 Å². The summed E-state index contributed by atoms with van der Waals surface area (Å²) in [7, 11) is 0. The van der Waals surface area contributed by atoms with Crippen molar-refractivity contribution in [3.63, 3.8) is 0 Å². The maximum atomic E-state index is 12.2. The van der Waals surface area contributed by atoms with E-state index >= 15 is 0 Å². The van der Waals surface area contributed by atoms with Crippen LogP contribution in [-0.4, -0.2) is 44.3 Å². The number of aliphatic carboxylic acids is 1. The van der Waals surface area contributed by atoms with Gasteiger partial charge in [0, 0.05) is 31.4 Å². The largest absolute Gasteiger partial charge is 0.481 e. The van der Waals surface area contributed by atoms with E-state index in [-0.39, 0.29) is 24.9 Å². The van der Waals surface area contributed by atoms with Gasteiger partial charge in [-0.3, -0.25) is 14.3 Å². The molecule has 1 aromatic rings. The van der Waals surface area contributed by atoms with Gasteiger partial charge in [0.1, 0.15) is 6.54 Å². The first-order valence-corrected chi connectivity index (χ1v) is 6.65. The molecule has 2 rings (SSSR count). The number of likely N-dealkylation sites (tertiary alicyclic amines) is 1. The SMILES string of the molecule is O=C(O)CC[C@H]1CCCCN1C(=O)Cn1cccn1. The van der Waals surface area contributed by atoms with Crippen LogP contribution in [0.25, 0.3) is 0 Å². The molecule has 6 heteroatoms. The number of rotatable bonds is 5. The van der Waals surface area contributed by atoms with Gasteiger partial charge in [-0.15, -0.1) is 0 Å². The summed E-state index contributed by atoms with van der Waals surface area (Å²) in [6, 6.07) is 1.85. The third kappa shape index (κ3) is 3.81. The summed E-state index contributed by atoms with van der Waals surface area (Å²) in [5.74, 6) is -0.774. The summed E-state index contributed by atoms with van der Waals surface area (Å²) in [5.41, 5.74) is 0. The van der Waals surface area contributed by atoms with E-state index in [1.54, 1.807) is 23.1 Å². The second-order valence-corrected chi connectivity index (χ2v) is 4.87. The number of carbonyl (C=O) groups excluding carboxylic acids is 1. The van der Waals surface area contributed by atoms with Gasteiger partial charge in [0.05, 0.1) is 0 Å². The van der Waals surface area contributed by atoms with Crippen LogP contribution in [0.3, 0.4) is 0 Å². The van der Waals surface area contributed by atoms with Crippen molar-refractivity contribution in [2.24, 2.45) is 0 Å². The predicted octanol–water partition coefficient (Wildman–Crippen LogP) is 1.13. The molecule has 0 aliphatic carbocycles. The number of aromatic nitrogens is 2. The fourth-order valence-corrected chi connectivity index (χ4v) is 2.54. The Morgan fingerprint density at radius 1 is 1.37 bits per heavy atom. The van der Waals surface area contributed by atoms with Crippen molar-refractivity contribution in [3.05, 3.63) is 18.5 Å². The zero-order valence-corrected chi connectivity index (χ0v) is 10.9. The number of carbonyl (C=O) groups is 2. The van der Waals surface area contributed by atoms with Crippen molar-refractivity contribution in [2.75, 3.05) is 6.54 Å². The maximum Gasteiger partial charge on any atom is 0.303 e. The molecule has 6 nitrogen and oxygen atoms in total. The highest BCUT2D eigenvalue weighted by molar-refractivity contribution is 5.76. The van der Waals surface area contributed by atoms with Crippen molar-refractivity contribution in [2.45, 2.75) is 44.7 Å². The van der Waals surface area contributed by atoms with Gasteiger partial charge in [0.15, 0.2) is 0 Å². The minimum atomic E-state index is -0.801. The summed E-state index contributed by atoms with van der Waals surface area (Å²) in [6.07, 6.45) is 7.03. The topological polar surface area (TPSA) is 75.4 Å². The maximum absolute atomic E-state index is 12.2. The summed E-state index contributed by atoms with van der Waals surface area (Å²) < 4.78 is 1.60. The molecule has 1 amide bonds. The second kappa shape index (κ2) is 6.36. The standard InChI is InChI=1S/C13H19N3O3/c17-12(10-15-8-3-7-14-15)16-9-2-1-4-11(16)5-6-13(18)19/h3,7-8,11H,1-2,4-6,9-10H2,(H,18,19)/t11-/m1/s1. The molecular formula is C13H19N3O3. The lowest BCUT2D eigenvalue weighted by molar-refractivity contribution is -0.140. The molecule has 0 aromatic carbocycles. The van der Waals surface area contributed by atoms with Crippen LogP contribution >= 0.6 is 0 Å². The minimum absolute atomic E-state index is 0.0267. The van der Waals surface area contributed by atoms with Gasteiger partial charge in [0.2, 0.25) is 5.91 Å². The average molecular weight is 265 g/mol. The van der Waals surface area contributed by atoms with Crippen LogP contribution in [0.4, 0.5) is 0 Å². The van der Waals surface area contributed by atoms with Crippen LogP contribution in [0.1, 0.15) is 32.1 Å². The smallest absolute Gasteiger partial charge is 0.303 e. The van der Waals surface area contributed by atoms with E-state index in [0.717, 1.165) is 25.8 Å². The van der Waals surface area contributed by atoms with Gasteiger partial charge in [-0.25, -0.2) is 0 Å². The van der Waals surface area contributed by atoms with Crippen molar-refractivity contribution in [3.8, 4) is 0 Å². The number of nitrogens with zero attached hydrogens (tertiary/aromatic N) is 3. The first-order chi connectivity index (χ1) is 9.16. The summed E-state index contributed by atoms with van der Waals surface area (Å²) in [5, 5.41) is 12.8. The highest BCUT2D eigenvalue weighted by atomic mass is 16.4. The molecule has 1 saturated heterocycles. The molecule has 1 fully saturated rings. The normalized spacial score (nSPS) is 19.4. The van der Waals surface area contributed by atoms with E-state index in [1.165, 1.54) is 0 Å².